The van der Waals surface area contributed by atoms with Gasteiger partial charge in [0.15, 0.2) is 6.61 Å². The van der Waals surface area contributed by atoms with Gasteiger partial charge in [-0.05, 0) is 36.4 Å². The first-order valence-electron chi connectivity index (χ1n) is 14.2. The van der Waals surface area contributed by atoms with Gasteiger partial charge < -0.3 is 35.2 Å². The van der Waals surface area contributed by atoms with Gasteiger partial charge in [-0.15, -0.1) is 0 Å². The summed E-state index contributed by atoms with van der Waals surface area (Å²) in [5, 5.41) is 8.04. The van der Waals surface area contributed by atoms with Crippen molar-refractivity contribution >= 4 is 52.4 Å². The molecule has 0 bridgehead atoms. The second-order valence-electron chi connectivity index (χ2n) is 9.35. The normalized spacial score (nSPS) is 12.7. The zero-order valence-electron chi connectivity index (χ0n) is 25.8. The van der Waals surface area contributed by atoms with Gasteiger partial charge >= 0.3 is 12.1 Å². The lowest BCUT2D eigenvalue weighted by atomic mass is 10.2. The molecule has 13 nitrogen and oxygen atoms in total. The molecule has 3 aromatic rings. The second-order valence-corrected chi connectivity index (χ2v) is 9.35. The topological polar surface area (TPSA) is 151 Å². The maximum atomic E-state index is 13.8. The third kappa shape index (κ3) is 9.54. The van der Waals surface area contributed by atoms with Gasteiger partial charge in [-0.1, -0.05) is 26.5 Å². The number of hydrogen-bond donors (Lipinski definition) is 3. The number of pyridine rings is 1. The van der Waals surface area contributed by atoms with E-state index in [2.05, 4.69) is 37.5 Å². The number of halogens is 3. The van der Waals surface area contributed by atoms with Crippen LogP contribution in [0.4, 0.5) is 47.8 Å². The van der Waals surface area contributed by atoms with Crippen LogP contribution in [0.3, 0.4) is 0 Å². The molecule has 16 heteroatoms. The summed E-state index contributed by atoms with van der Waals surface area (Å²) in [4.78, 5) is 50.7. The minimum absolute atomic E-state index is 0.138. The van der Waals surface area contributed by atoms with E-state index in [1.807, 2.05) is 18.7 Å². The predicted octanol–water partition coefficient (Wildman–Crippen LogP) is 4.75. The molecule has 0 aliphatic carbocycles. The molecular formula is C30H35F3N8O5. The molecule has 3 heterocycles. The molecule has 1 aromatic carbocycles. The van der Waals surface area contributed by atoms with Gasteiger partial charge in [0.05, 0.1) is 7.11 Å². The van der Waals surface area contributed by atoms with Gasteiger partial charge in [0.25, 0.3) is 5.91 Å². The lowest BCUT2D eigenvalue weighted by molar-refractivity contribution is -0.150. The minimum Gasteiger partial charge on any atom is -0.479 e. The number of alkyl halides is 3. The van der Waals surface area contributed by atoms with Crippen molar-refractivity contribution in [2.75, 3.05) is 60.7 Å². The number of methoxy groups -OCH3 is 1. The molecule has 1 aliphatic rings. The van der Waals surface area contributed by atoms with Gasteiger partial charge in [-0.2, -0.15) is 23.1 Å². The van der Waals surface area contributed by atoms with E-state index in [-0.39, 0.29) is 30.0 Å². The van der Waals surface area contributed by atoms with Crippen LogP contribution < -0.4 is 25.6 Å². The summed E-state index contributed by atoms with van der Waals surface area (Å²) in [6.45, 7) is 10.00. The van der Waals surface area contributed by atoms with E-state index in [0.29, 0.717) is 49.6 Å². The SMILES string of the molecule is C=CC(=O)Nc1cccc(Nc2nc(Nc3ccc(N4CCN(C(=O)COC(C)=O)CC4)nc3OC)ncc2C(F)(F)F)c1.CC. The number of anilines is 6. The number of amides is 2. The van der Waals surface area contributed by atoms with E-state index >= 15 is 0 Å². The Morgan fingerprint density at radius 2 is 1.72 bits per heavy atom. The number of benzene rings is 1. The Labute approximate surface area is 263 Å². The van der Waals surface area contributed by atoms with Crippen molar-refractivity contribution in [3.05, 3.63) is 60.8 Å². The van der Waals surface area contributed by atoms with Crippen LogP contribution in [0.5, 0.6) is 5.88 Å². The first-order chi connectivity index (χ1) is 22.0. The number of nitrogens with one attached hydrogen (secondary N) is 3. The number of aromatic nitrogens is 3. The third-order valence-electron chi connectivity index (χ3n) is 6.31. The fraction of sp³-hybridized carbons (Fsp3) is 0.333. The number of carbonyl (C=O) groups excluding carboxylic acids is 3. The highest BCUT2D eigenvalue weighted by atomic mass is 19.4. The number of piperazine rings is 1. The molecule has 3 N–H and O–H groups in total. The highest BCUT2D eigenvalue weighted by Gasteiger charge is 2.35. The summed E-state index contributed by atoms with van der Waals surface area (Å²) in [5.41, 5.74) is -0.230. The van der Waals surface area contributed by atoms with Crippen molar-refractivity contribution in [2.45, 2.75) is 26.9 Å². The molecule has 246 valence electrons. The Kier molecular flexibility index (Phi) is 12.2. The minimum atomic E-state index is -4.76. The fourth-order valence-electron chi connectivity index (χ4n) is 4.17. The van der Waals surface area contributed by atoms with Gasteiger partial charge in [0.2, 0.25) is 17.7 Å². The molecule has 0 atom stereocenters. The Balaban J connectivity index is 0.00000282. The van der Waals surface area contributed by atoms with E-state index in [4.69, 9.17) is 9.47 Å². The number of rotatable bonds is 10. The molecule has 1 fully saturated rings. The van der Waals surface area contributed by atoms with Gasteiger partial charge in [-0.3, -0.25) is 14.4 Å². The maximum Gasteiger partial charge on any atom is 0.421 e. The largest absolute Gasteiger partial charge is 0.479 e. The van der Waals surface area contributed by atoms with Crippen LogP contribution in [-0.2, 0) is 25.3 Å². The molecule has 1 aliphatic heterocycles. The average Bonchev–Trinajstić information content (AvgIpc) is 3.04. The molecule has 1 saturated heterocycles. The van der Waals surface area contributed by atoms with Gasteiger partial charge in [0, 0.05) is 50.7 Å². The highest BCUT2D eigenvalue weighted by molar-refractivity contribution is 5.99. The number of carbonyl (C=O) groups is 3. The average molecular weight is 645 g/mol. The molecule has 0 unspecified atom stereocenters. The van der Waals surface area contributed by atoms with Crippen LogP contribution in [-0.4, -0.2) is 77.5 Å². The summed E-state index contributed by atoms with van der Waals surface area (Å²) < 4.78 is 51.6. The first kappa shape index (κ1) is 35.1. The molecule has 46 heavy (non-hydrogen) atoms. The molecule has 2 aromatic heterocycles. The number of nitrogens with zero attached hydrogens (tertiary/aromatic N) is 5. The molecule has 0 saturated carbocycles. The summed E-state index contributed by atoms with van der Waals surface area (Å²) >= 11 is 0. The first-order valence-corrected chi connectivity index (χ1v) is 14.2. The van der Waals surface area contributed by atoms with Crippen LogP contribution in [0, 0.1) is 0 Å². The third-order valence-corrected chi connectivity index (χ3v) is 6.31. The van der Waals surface area contributed by atoms with E-state index in [0.717, 1.165) is 6.08 Å². The van der Waals surface area contributed by atoms with E-state index in [9.17, 15) is 27.6 Å². The van der Waals surface area contributed by atoms with Gasteiger partial charge in [-0.25, -0.2) is 4.98 Å². The standard InChI is InChI=1S/C28H29F3N8O5.C2H6/c1-4-23(41)33-18-6-5-7-19(14-18)34-25-20(28(29,30)31)15-32-27(37-25)35-21-8-9-22(36-26(21)43-3)38-10-12-39(13-11-38)24(42)16-44-17(2)40;1-2/h4-9,14-15H,1,10-13,16H2,2-3H3,(H,33,41)(H2,32,34,35,37);1-2H3. The van der Waals surface area contributed by atoms with Crippen LogP contribution >= 0.6 is 0 Å². The second kappa shape index (κ2) is 16.1. The molecule has 4 rings (SSSR count). The Bertz CT molecular complexity index is 1550. The molecular weight excluding hydrogens is 609 g/mol. The number of ether oxygens (including phenoxy) is 2. The Morgan fingerprint density at radius 1 is 1.02 bits per heavy atom. The van der Waals surface area contributed by atoms with Crippen molar-refractivity contribution in [3.8, 4) is 5.88 Å². The Morgan fingerprint density at radius 3 is 2.35 bits per heavy atom. The van der Waals surface area contributed by atoms with E-state index < -0.39 is 29.4 Å². The highest BCUT2D eigenvalue weighted by Crippen LogP contribution is 2.36. The smallest absolute Gasteiger partial charge is 0.421 e. The quantitative estimate of drug-likeness (QED) is 0.207. The van der Waals surface area contributed by atoms with Crippen molar-refractivity contribution in [1.82, 2.24) is 19.9 Å². The number of hydrogen-bond acceptors (Lipinski definition) is 11. The monoisotopic (exact) mass is 644 g/mol. The molecule has 0 radical (unpaired) electrons. The lowest BCUT2D eigenvalue weighted by Crippen LogP contribution is -2.50. The maximum absolute atomic E-state index is 13.8. The summed E-state index contributed by atoms with van der Waals surface area (Å²) in [5.74, 6) is -1.29. The molecule has 2 amide bonds. The summed E-state index contributed by atoms with van der Waals surface area (Å²) in [6.07, 6.45) is -3.04. The van der Waals surface area contributed by atoms with Gasteiger partial charge in [0.1, 0.15) is 22.9 Å². The van der Waals surface area contributed by atoms with Crippen molar-refractivity contribution in [2.24, 2.45) is 0 Å². The summed E-state index contributed by atoms with van der Waals surface area (Å²) in [6, 6.07) is 9.39. The zero-order valence-corrected chi connectivity index (χ0v) is 25.8. The predicted molar refractivity (Wildman–Crippen MR) is 166 cm³/mol. The van der Waals surface area contributed by atoms with Crippen LogP contribution in [0.2, 0.25) is 0 Å². The van der Waals surface area contributed by atoms with E-state index in [1.165, 1.54) is 26.2 Å². The van der Waals surface area contributed by atoms with Crippen LogP contribution in [0.15, 0.2) is 55.3 Å². The molecule has 0 spiro atoms. The van der Waals surface area contributed by atoms with Crippen molar-refractivity contribution < 1.29 is 37.0 Å². The Hall–Kier alpha value is -5.41. The van der Waals surface area contributed by atoms with Crippen LogP contribution in [0.1, 0.15) is 26.3 Å². The fourth-order valence-corrected chi connectivity index (χ4v) is 4.17. The number of esters is 1. The lowest BCUT2D eigenvalue weighted by Gasteiger charge is -2.35. The van der Waals surface area contributed by atoms with Crippen molar-refractivity contribution in [1.29, 1.82) is 0 Å². The van der Waals surface area contributed by atoms with E-state index in [1.54, 1.807) is 29.2 Å². The summed E-state index contributed by atoms with van der Waals surface area (Å²) in [7, 11) is 1.39. The van der Waals surface area contributed by atoms with Crippen molar-refractivity contribution in [3.63, 3.8) is 0 Å². The van der Waals surface area contributed by atoms with Crippen LogP contribution in [0.25, 0.3) is 0 Å². The zero-order chi connectivity index (χ0) is 33.9.